The third-order valence-corrected chi connectivity index (χ3v) is 7.57. The Hall–Kier alpha value is -3.09. The van der Waals surface area contributed by atoms with Crippen molar-refractivity contribution in [3.05, 3.63) is 41.2 Å². The first-order chi connectivity index (χ1) is 16.7. The molecular formula is C22H25ClN8O3S. The summed E-state index contributed by atoms with van der Waals surface area (Å²) in [6, 6.07) is 5.13. The molecule has 4 aromatic rings. The minimum atomic E-state index is -3.22. The lowest BCUT2D eigenvalue weighted by Crippen LogP contribution is -2.41. The van der Waals surface area contributed by atoms with Crippen molar-refractivity contribution < 1.29 is 13.2 Å². The molecule has 1 aliphatic heterocycles. The quantitative estimate of drug-likeness (QED) is 0.395. The number of aryl methyl sites for hydroxylation is 1. The summed E-state index contributed by atoms with van der Waals surface area (Å²) in [7, 11) is -3.22. The predicted molar refractivity (Wildman–Crippen MR) is 133 cm³/mol. The van der Waals surface area contributed by atoms with Crippen LogP contribution in [0.4, 0.5) is 5.82 Å². The molecule has 0 radical (unpaired) electrons. The Bertz CT molecular complexity index is 1500. The van der Waals surface area contributed by atoms with Crippen LogP contribution in [0.3, 0.4) is 0 Å². The van der Waals surface area contributed by atoms with Crippen molar-refractivity contribution in [1.29, 1.82) is 0 Å². The van der Waals surface area contributed by atoms with E-state index in [0.717, 1.165) is 5.82 Å². The Labute approximate surface area is 207 Å². The summed E-state index contributed by atoms with van der Waals surface area (Å²) >= 11 is 6.50. The third kappa shape index (κ3) is 4.86. The molecule has 0 unspecified atom stereocenters. The van der Waals surface area contributed by atoms with Crippen LogP contribution in [0.1, 0.15) is 37.5 Å². The number of sulfonamides is 1. The zero-order valence-corrected chi connectivity index (χ0v) is 21.1. The summed E-state index contributed by atoms with van der Waals surface area (Å²) in [5.41, 5.74) is 1.93. The zero-order valence-electron chi connectivity index (χ0n) is 19.5. The van der Waals surface area contributed by atoms with Crippen molar-refractivity contribution in [1.82, 2.24) is 34.2 Å². The highest BCUT2D eigenvalue weighted by atomic mass is 35.5. The third-order valence-electron chi connectivity index (χ3n) is 5.95. The molecule has 1 atom stereocenters. The summed E-state index contributed by atoms with van der Waals surface area (Å²) in [4.78, 5) is 25.5. The molecule has 2 N–H and O–H groups in total. The van der Waals surface area contributed by atoms with Crippen LogP contribution < -0.4 is 10.1 Å². The van der Waals surface area contributed by atoms with Crippen LogP contribution in [0.15, 0.2) is 24.5 Å². The second-order valence-corrected chi connectivity index (χ2v) is 11.0. The number of fused-ring (bicyclic) bond motifs is 2. The van der Waals surface area contributed by atoms with Crippen LogP contribution in [-0.2, 0) is 10.0 Å². The van der Waals surface area contributed by atoms with Gasteiger partial charge in [-0.2, -0.15) is 4.98 Å². The van der Waals surface area contributed by atoms with Crippen LogP contribution in [0.2, 0.25) is 5.02 Å². The number of aromatic amines is 1. The lowest BCUT2D eigenvalue weighted by atomic mass is 10.1. The molecule has 0 amide bonds. The van der Waals surface area contributed by atoms with E-state index in [1.165, 1.54) is 16.9 Å². The van der Waals surface area contributed by atoms with Gasteiger partial charge in [-0.05, 0) is 38.8 Å². The first kappa shape index (κ1) is 23.6. The summed E-state index contributed by atoms with van der Waals surface area (Å²) in [5.74, 6) is 2.22. The highest BCUT2D eigenvalue weighted by Gasteiger charge is 2.27. The Kier molecular flexibility index (Phi) is 6.20. The van der Waals surface area contributed by atoms with E-state index in [2.05, 4.69) is 25.3 Å². The average Bonchev–Trinajstić information content (AvgIpc) is 3.20. The molecule has 184 valence electrons. The number of hydrogen-bond acceptors (Lipinski definition) is 9. The molecule has 13 heteroatoms. The van der Waals surface area contributed by atoms with Gasteiger partial charge in [0.15, 0.2) is 17.3 Å². The Morgan fingerprint density at radius 3 is 2.71 bits per heavy atom. The second kappa shape index (κ2) is 9.17. The summed E-state index contributed by atoms with van der Waals surface area (Å²) in [6.45, 7) is 4.59. The molecule has 1 aromatic carbocycles. The van der Waals surface area contributed by atoms with E-state index in [4.69, 9.17) is 26.3 Å². The van der Waals surface area contributed by atoms with E-state index < -0.39 is 10.0 Å². The Morgan fingerprint density at radius 2 is 1.97 bits per heavy atom. The fourth-order valence-corrected chi connectivity index (χ4v) is 5.29. The number of H-pyrrole nitrogens is 1. The number of aromatic nitrogens is 6. The van der Waals surface area contributed by atoms with Gasteiger partial charge in [0.25, 0.3) is 0 Å². The summed E-state index contributed by atoms with van der Waals surface area (Å²) in [5, 5.41) is 4.46. The van der Waals surface area contributed by atoms with Crippen molar-refractivity contribution in [3.63, 3.8) is 0 Å². The van der Waals surface area contributed by atoms with Crippen molar-refractivity contribution in [2.24, 2.45) is 0 Å². The van der Waals surface area contributed by atoms with E-state index >= 15 is 0 Å². The number of anilines is 1. The average molecular weight is 517 g/mol. The second-order valence-electron chi connectivity index (χ2n) is 8.61. The molecule has 0 spiro atoms. The normalized spacial score (nSPS) is 16.6. The Balaban J connectivity index is 1.44. The van der Waals surface area contributed by atoms with Gasteiger partial charge < -0.3 is 15.0 Å². The highest BCUT2D eigenvalue weighted by Crippen LogP contribution is 2.33. The summed E-state index contributed by atoms with van der Waals surface area (Å²) in [6.07, 6.45) is 3.61. The highest BCUT2D eigenvalue weighted by molar-refractivity contribution is 7.88. The van der Waals surface area contributed by atoms with Gasteiger partial charge in [-0.15, -0.1) is 0 Å². The number of halogens is 1. The Morgan fingerprint density at radius 1 is 1.20 bits per heavy atom. The molecule has 11 nitrogen and oxygen atoms in total. The molecule has 5 rings (SSSR count). The SMILES string of the molecule is Cc1nc2ncnc(N[C@@H](C)c3nc(OC4CCN(S(C)(=O)=O)CC4)c4c(Cl)cccc4n3)c2[nH]1. The maximum atomic E-state index is 11.8. The number of rotatable bonds is 6. The maximum absolute atomic E-state index is 11.8. The van der Waals surface area contributed by atoms with Gasteiger partial charge in [-0.3, -0.25) is 0 Å². The van der Waals surface area contributed by atoms with Crippen LogP contribution >= 0.6 is 11.6 Å². The van der Waals surface area contributed by atoms with Crippen molar-refractivity contribution in [2.75, 3.05) is 24.7 Å². The van der Waals surface area contributed by atoms with Crippen LogP contribution in [0.25, 0.3) is 22.1 Å². The number of hydrogen-bond donors (Lipinski definition) is 2. The number of nitrogens with one attached hydrogen (secondary N) is 2. The fraction of sp³-hybridized carbons (Fsp3) is 0.409. The lowest BCUT2D eigenvalue weighted by Gasteiger charge is -2.30. The van der Waals surface area contributed by atoms with Crippen molar-refractivity contribution in [3.8, 4) is 5.88 Å². The van der Waals surface area contributed by atoms with E-state index in [9.17, 15) is 8.42 Å². The van der Waals surface area contributed by atoms with Crippen LogP contribution in [-0.4, -0.2) is 68.1 Å². The van der Waals surface area contributed by atoms with E-state index in [1.807, 2.05) is 26.0 Å². The lowest BCUT2D eigenvalue weighted by molar-refractivity contribution is 0.131. The van der Waals surface area contributed by atoms with Gasteiger partial charge >= 0.3 is 0 Å². The molecule has 0 bridgehead atoms. The minimum Gasteiger partial charge on any atom is -0.474 e. The molecule has 3 aromatic heterocycles. The largest absolute Gasteiger partial charge is 0.474 e. The number of benzene rings is 1. The van der Waals surface area contributed by atoms with E-state index in [1.54, 1.807) is 6.07 Å². The predicted octanol–water partition coefficient (Wildman–Crippen LogP) is 3.23. The minimum absolute atomic E-state index is 0.187. The monoisotopic (exact) mass is 516 g/mol. The topological polar surface area (TPSA) is 139 Å². The maximum Gasteiger partial charge on any atom is 0.226 e. The van der Waals surface area contributed by atoms with E-state index in [-0.39, 0.29) is 12.1 Å². The molecule has 0 saturated carbocycles. The van der Waals surface area contributed by atoms with Crippen LogP contribution in [0.5, 0.6) is 5.88 Å². The van der Waals surface area contributed by atoms with Crippen LogP contribution in [0, 0.1) is 6.92 Å². The molecule has 0 aliphatic carbocycles. The molecule has 4 heterocycles. The van der Waals surface area contributed by atoms with Crippen molar-refractivity contribution in [2.45, 2.75) is 38.8 Å². The molecule has 35 heavy (non-hydrogen) atoms. The van der Waals surface area contributed by atoms with E-state index in [0.29, 0.717) is 70.5 Å². The molecular weight excluding hydrogens is 492 g/mol. The smallest absolute Gasteiger partial charge is 0.226 e. The van der Waals surface area contributed by atoms with Gasteiger partial charge in [0.1, 0.15) is 23.8 Å². The molecule has 1 aliphatic rings. The first-order valence-corrected chi connectivity index (χ1v) is 13.4. The summed E-state index contributed by atoms with van der Waals surface area (Å²) < 4.78 is 31.5. The van der Waals surface area contributed by atoms with Gasteiger partial charge in [-0.1, -0.05) is 17.7 Å². The van der Waals surface area contributed by atoms with Gasteiger partial charge in [0, 0.05) is 13.1 Å². The number of imidazole rings is 1. The number of nitrogens with zero attached hydrogens (tertiary/aromatic N) is 6. The zero-order chi connectivity index (χ0) is 24.7. The van der Waals surface area contributed by atoms with Gasteiger partial charge in [0.2, 0.25) is 15.9 Å². The fourth-order valence-electron chi connectivity index (χ4n) is 4.17. The van der Waals surface area contributed by atoms with Gasteiger partial charge in [-0.25, -0.2) is 32.7 Å². The first-order valence-electron chi connectivity index (χ1n) is 11.2. The standard InChI is InChI=1S/C22H25ClN8O3S/c1-12(26-20-18-21(25-11-24-20)28-13(2)27-18)19-29-16-6-4-5-15(23)17(16)22(30-19)34-14-7-9-31(10-8-14)35(3,32)33/h4-6,11-12,14H,7-10H2,1-3H3,(H2,24,25,26,27,28)/t12-/m0/s1. The van der Waals surface area contributed by atoms with Gasteiger partial charge in [0.05, 0.1) is 28.2 Å². The number of piperidine rings is 1. The van der Waals surface area contributed by atoms with Crippen molar-refractivity contribution >= 4 is 49.5 Å². The number of ether oxygens (including phenoxy) is 1. The molecule has 1 saturated heterocycles. The molecule has 1 fully saturated rings.